The number of rotatable bonds is 5. The van der Waals surface area contributed by atoms with Crippen LogP contribution in [0, 0.1) is 0 Å². The fourth-order valence-electron chi connectivity index (χ4n) is 3.44. The van der Waals surface area contributed by atoms with Crippen LogP contribution in [0.1, 0.15) is 33.4 Å². The number of aliphatic hydroxyl groups excluding tert-OH is 1. The number of aromatic carboxylic acids is 1. The molecule has 0 spiro atoms. The van der Waals surface area contributed by atoms with Crippen LogP contribution in [0.15, 0.2) is 77.2 Å². The van der Waals surface area contributed by atoms with E-state index in [0.717, 1.165) is 27.0 Å². The number of aliphatic hydroxyl groups is 1. The molecule has 1 aliphatic rings. The Bertz CT molecular complexity index is 1270. The van der Waals surface area contributed by atoms with Crippen LogP contribution in [0.4, 0.5) is 11.5 Å². The molecule has 3 N–H and O–H groups in total. The molecule has 1 unspecified atom stereocenters. The third-order valence-corrected chi connectivity index (χ3v) is 6.05. The highest BCUT2D eigenvalue weighted by molar-refractivity contribution is 7.99. The number of fused-ring (bicyclic) bond motifs is 2. The molecule has 0 saturated carbocycles. The maximum Gasteiger partial charge on any atom is 0.335 e. The molecule has 0 radical (unpaired) electrons. The number of hydrogen-bond donors (Lipinski definition) is 3. The summed E-state index contributed by atoms with van der Waals surface area (Å²) in [6.45, 7) is 0.520. The summed E-state index contributed by atoms with van der Waals surface area (Å²) in [4.78, 5) is 25.1. The van der Waals surface area contributed by atoms with Gasteiger partial charge in [0.05, 0.1) is 11.3 Å². The summed E-state index contributed by atoms with van der Waals surface area (Å²) < 4.78 is 1.88. The van der Waals surface area contributed by atoms with Crippen LogP contribution in [-0.2, 0) is 6.54 Å². The quantitative estimate of drug-likeness (QED) is 0.386. The monoisotopic (exact) mass is 431 g/mol. The highest BCUT2D eigenvalue weighted by Crippen LogP contribution is 2.42. The van der Waals surface area contributed by atoms with Crippen molar-refractivity contribution >= 4 is 29.2 Å². The van der Waals surface area contributed by atoms with Gasteiger partial charge < -0.3 is 20.1 Å². The molecule has 2 aromatic carbocycles. The highest BCUT2D eigenvalue weighted by atomic mass is 32.2. The van der Waals surface area contributed by atoms with Gasteiger partial charge in [-0.05, 0) is 35.4 Å². The van der Waals surface area contributed by atoms with Gasteiger partial charge in [0.1, 0.15) is 17.0 Å². The number of carboxylic acids is 1. The van der Waals surface area contributed by atoms with Gasteiger partial charge in [-0.25, -0.2) is 19.7 Å². The van der Waals surface area contributed by atoms with Crippen molar-refractivity contribution in [2.45, 2.75) is 22.6 Å². The number of carbonyl (C=O) groups is 1. The van der Waals surface area contributed by atoms with Crippen molar-refractivity contribution in [3.63, 3.8) is 0 Å². The van der Waals surface area contributed by atoms with Gasteiger partial charge in [0.2, 0.25) is 0 Å². The number of imidazole rings is 1. The predicted molar refractivity (Wildman–Crippen MR) is 115 cm³/mol. The van der Waals surface area contributed by atoms with E-state index in [1.54, 1.807) is 42.5 Å². The van der Waals surface area contributed by atoms with E-state index < -0.39 is 12.1 Å². The van der Waals surface area contributed by atoms with Crippen molar-refractivity contribution < 1.29 is 15.0 Å². The Kier molecular flexibility index (Phi) is 4.89. The zero-order chi connectivity index (χ0) is 21.4. The van der Waals surface area contributed by atoms with Gasteiger partial charge in [0, 0.05) is 36.2 Å². The van der Waals surface area contributed by atoms with E-state index in [9.17, 15) is 9.90 Å². The Morgan fingerprint density at radius 1 is 1.06 bits per heavy atom. The molecule has 154 valence electrons. The summed E-state index contributed by atoms with van der Waals surface area (Å²) in [7, 11) is 0. The maximum absolute atomic E-state index is 11.0. The average molecular weight is 431 g/mol. The third-order valence-electron chi connectivity index (χ3n) is 4.99. The van der Waals surface area contributed by atoms with Gasteiger partial charge in [0.15, 0.2) is 5.82 Å². The van der Waals surface area contributed by atoms with E-state index in [1.807, 2.05) is 22.9 Å². The minimum atomic E-state index is -1.00. The summed E-state index contributed by atoms with van der Waals surface area (Å²) in [5.74, 6) is 0.218. The summed E-state index contributed by atoms with van der Waals surface area (Å²) in [5.41, 5.74) is 2.75. The molecule has 5 rings (SSSR count). The Morgan fingerprint density at radius 3 is 2.68 bits per heavy atom. The molecule has 9 heteroatoms. The third kappa shape index (κ3) is 3.76. The molecule has 3 heterocycles. The molecule has 0 aliphatic carbocycles. The Balaban J connectivity index is 1.38. The van der Waals surface area contributed by atoms with Gasteiger partial charge >= 0.3 is 5.97 Å². The maximum atomic E-state index is 11.0. The fraction of sp³-hybridized carbons (Fsp3) is 0.0909. The first-order valence-electron chi connectivity index (χ1n) is 9.49. The van der Waals surface area contributed by atoms with E-state index in [-0.39, 0.29) is 5.56 Å². The topological polar surface area (TPSA) is 113 Å². The summed E-state index contributed by atoms with van der Waals surface area (Å²) in [6, 6.07) is 12.3. The molecule has 8 nitrogen and oxygen atoms in total. The van der Waals surface area contributed by atoms with Gasteiger partial charge in [-0.2, -0.15) is 0 Å². The minimum absolute atomic E-state index is 0.171. The van der Waals surface area contributed by atoms with Crippen LogP contribution < -0.4 is 5.32 Å². The predicted octanol–water partition coefficient (Wildman–Crippen LogP) is 3.71. The van der Waals surface area contributed by atoms with Crippen LogP contribution >= 0.6 is 11.8 Å². The second kappa shape index (κ2) is 7.86. The van der Waals surface area contributed by atoms with Crippen molar-refractivity contribution in [2.24, 2.45) is 0 Å². The van der Waals surface area contributed by atoms with Crippen molar-refractivity contribution in [1.29, 1.82) is 0 Å². The van der Waals surface area contributed by atoms with E-state index in [2.05, 4.69) is 26.3 Å². The van der Waals surface area contributed by atoms with E-state index in [4.69, 9.17) is 5.11 Å². The van der Waals surface area contributed by atoms with Gasteiger partial charge in [0.25, 0.3) is 0 Å². The lowest BCUT2D eigenvalue weighted by molar-refractivity contribution is 0.0696. The van der Waals surface area contributed by atoms with Crippen molar-refractivity contribution in [2.75, 3.05) is 5.32 Å². The lowest BCUT2D eigenvalue weighted by Gasteiger charge is -2.20. The first kappa shape index (κ1) is 19.3. The Morgan fingerprint density at radius 2 is 1.87 bits per heavy atom. The summed E-state index contributed by atoms with van der Waals surface area (Å²) >= 11 is 1.57. The minimum Gasteiger partial charge on any atom is -0.478 e. The number of carboxylic acid groups (broad SMARTS) is 1. The standard InChI is InChI=1S/C22H17N5O3S/c28-18(14-2-4-15(5-3-14)22(29)30)20-24-9-10-27(20)12-13-1-6-17-16(11-13)26-19-21(31-17)25-8-7-23-19/h1-11,18,28H,12H2,(H,23,26)(H,29,30). The molecule has 31 heavy (non-hydrogen) atoms. The molecular formula is C22H17N5O3S. The molecule has 1 aliphatic heterocycles. The molecule has 2 aromatic heterocycles. The van der Waals surface area contributed by atoms with E-state index in [0.29, 0.717) is 17.9 Å². The molecule has 0 amide bonds. The van der Waals surface area contributed by atoms with Crippen LogP contribution in [0.25, 0.3) is 0 Å². The molecule has 4 aromatic rings. The second-order valence-corrected chi connectivity index (χ2v) is 8.04. The summed E-state index contributed by atoms with van der Waals surface area (Å²) in [6.07, 6.45) is 5.82. The van der Waals surface area contributed by atoms with Crippen molar-refractivity contribution in [3.05, 3.63) is 89.8 Å². The lowest BCUT2D eigenvalue weighted by atomic mass is 10.1. The smallest absolute Gasteiger partial charge is 0.335 e. The van der Waals surface area contributed by atoms with E-state index in [1.165, 1.54) is 12.1 Å². The van der Waals surface area contributed by atoms with Gasteiger partial charge in [-0.3, -0.25) is 0 Å². The lowest BCUT2D eigenvalue weighted by Crippen LogP contribution is -2.11. The molecule has 0 fully saturated rings. The number of aromatic nitrogens is 4. The number of nitrogens with zero attached hydrogens (tertiary/aromatic N) is 4. The van der Waals surface area contributed by atoms with Crippen LogP contribution in [-0.4, -0.2) is 35.7 Å². The normalized spacial score (nSPS) is 13.1. The zero-order valence-electron chi connectivity index (χ0n) is 16.1. The van der Waals surface area contributed by atoms with Crippen molar-refractivity contribution in [1.82, 2.24) is 19.5 Å². The fourth-order valence-corrected chi connectivity index (χ4v) is 4.31. The first-order chi connectivity index (χ1) is 15.1. The molecule has 0 saturated heterocycles. The number of nitrogens with one attached hydrogen (secondary N) is 1. The average Bonchev–Trinajstić information content (AvgIpc) is 3.25. The Labute approximate surface area is 181 Å². The van der Waals surface area contributed by atoms with Crippen LogP contribution in [0.3, 0.4) is 0 Å². The molecule has 1 atom stereocenters. The van der Waals surface area contributed by atoms with Crippen LogP contribution in [0.5, 0.6) is 0 Å². The number of benzene rings is 2. The van der Waals surface area contributed by atoms with Crippen LogP contribution in [0.2, 0.25) is 0 Å². The summed E-state index contributed by atoms with van der Waals surface area (Å²) in [5, 5.41) is 24.0. The number of anilines is 2. The molecule has 0 bridgehead atoms. The number of hydrogen-bond acceptors (Lipinski definition) is 7. The SMILES string of the molecule is O=C(O)c1ccc(C(O)c2nccn2Cc2ccc3c(c2)Nc2nccnc2S3)cc1. The van der Waals surface area contributed by atoms with E-state index >= 15 is 0 Å². The highest BCUT2D eigenvalue weighted by Gasteiger charge is 2.20. The second-order valence-electron chi connectivity index (χ2n) is 7.01. The van der Waals surface area contributed by atoms with Crippen molar-refractivity contribution in [3.8, 4) is 0 Å². The zero-order valence-corrected chi connectivity index (χ0v) is 17.0. The van der Waals surface area contributed by atoms with Gasteiger partial charge in [-0.1, -0.05) is 30.0 Å². The molecular weight excluding hydrogens is 414 g/mol. The first-order valence-corrected chi connectivity index (χ1v) is 10.3. The Hall–Kier alpha value is -3.69. The largest absolute Gasteiger partial charge is 0.478 e. The van der Waals surface area contributed by atoms with Gasteiger partial charge in [-0.15, -0.1) is 0 Å².